The second-order valence-electron chi connectivity index (χ2n) is 4.43. The van der Waals surface area contributed by atoms with Crippen LogP contribution >= 0.6 is 0 Å². The van der Waals surface area contributed by atoms with Crippen molar-refractivity contribution in [2.45, 2.75) is 12.5 Å². The van der Waals surface area contributed by atoms with E-state index in [1.54, 1.807) is 18.2 Å². The molecule has 0 aliphatic heterocycles. The average molecular weight is 277 g/mol. The molecular weight excluding hydrogens is 264 g/mol. The molecule has 0 fully saturated rings. The zero-order chi connectivity index (χ0) is 14.7. The minimum atomic E-state index is -1.03. The average Bonchev–Trinajstić information content (AvgIpc) is 2.38. The molecule has 5 heteroatoms. The smallest absolute Gasteiger partial charge is 0.305 e. The number of aliphatic carboxylic acids is 1. The van der Waals surface area contributed by atoms with Crippen molar-refractivity contribution >= 4 is 5.97 Å². The second kappa shape index (κ2) is 5.79. The topological polar surface area (TPSA) is 63.3 Å². The molecule has 104 valence electrons. The Kier molecular flexibility index (Phi) is 4.10. The molecule has 0 aliphatic rings. The van der Waals surface area contributed by atoms with Crippen molar-refractivity contribution in [3.05, 3.63) is 59.7 Å². The van der Waals surface area contributed by atoms with Gasteiger partial charge >= 0.3 is 5.97 Å². The lowest BCUT2D eigenvalue weighted by atomic mass is 9.98. The fourth-order valence-electron chi connectivity index (χ4n) is 2.00. The van der Waals surface area contributed by atoms with Gasteiger partial charge in [0.1, 0.15) is 11.6 Å². The number of halogens is 2. The van der Waals surface area contributed by atoms with Gasteiger partial charge in [-0.25, -0.2) is 8.78 Å². The molecule has 0 saturated carbocycles. The lowest BCUT2D eigenvalue weighted by Crippen LogP contribution is -2.14. The molecule has 2 rings (SSSR count). The van der Waals surface area contributed by atoms with Crippen molar-refractivity contribution < 1.29 is 18.7 Å². The van der Waals surface area contributed by atoms with Crippen LogP contribution in [0.25, 0.3) is 11.1 Å². The standard InChI is InChI=1S/C15H13F2NO2/c16-11-5-2-6-12(17)15(11)10-4-1-3-9(7-10)13(18)8-14(19)20/h1-7,13H,8,18H2,(H,19,20)/t13-/m0/s1. The third kappa shape index (κ3) is 3.00. The molecule has 1 atom stereocenters. The molecule has 0 aromatic heterocycles. The summed E-state index contributed by atoms with van der Waals surface area (Å²) in [6, 6.07) is 9.20. The minimum Gasteiger partial charge on any atom is -0.481 e. The summed E-state index contributed by atoms with van der Waals surface area (Å²) in [5.74, 6) is -2.37. The summed E-state index contributed by atoms with van der Waals surface area (Å²) in [5.41, 5.74) is 6.46. The fourth-order valence-corrected chi connectivity index (χ4v) is 2.00. The lowest BCUT2D eigenvalue weighted by Gasteiger charge is -2.12. The van der Waals surface area contributed by atoms with Crippen LogP contribution in [0.5, 0.6) is 0 Å². The summed E-state index contributed by atoms with van der Waals surface area (Å²) in [7, 11) is 0. The maximum absolute atomic E-state index is 13.7. The number of carboxylic acids is 1. The van der Waals surface area contributed by atoms with Crippen LogP contribution in [-0.4, -0.2) is 11.1 Å². The van der Waals surface area contributed by atoms with E-state index in [4.69, 9.17) is 10.8 Å². The molecule has 0 radical (unpaired) electrons. The summed E-state index contributed by atoms with van der Waals surface area (Å²) in [6.45, 7) is 0. The predicted octanol–water partition coefficient (Wildman–Crippen LogP) is 3.11. The Balaban J connectivity index is 2.42. The summed E-state index contributed by atoms with van der Waals surface area (Å²) in [6.07, 6.45) is -0.247. The predicted molar refractivity (Wildman–Crippen MR) is 71.0 cm³/mol. The fraction of sp³-hybridized carbons (Fsp3) is 0.133. The van der Waals surface area contributed by atoms with Crippen LogP contribution in [0.15, 0.2) is 42.5 Å². The van der Waals surface area contributed by atoms with E-state index in [0.29, 0.717) is 11.1 Å². The van der Waals surface area contributed by atoms with Crippen LogP contribution < -0.4 is 5.73 Å². The van der Waals surface area contributed by atoms with Gasteiger partial charge in [0.15, 0.2) is 0 Å². The van der Waals surface area contributed by atoms with Crippen LogP contribution in [0.2, 0.25) is 0 Å². The van der Waals surface area contributed by atoms with Crippen molar-refractivity contribution in [3.63, 3.8) is 0 Å². The van der Waals surface area contributed by atoms with E-state index in [-0.39, 0.29) is 12.0 Å². The van der Waals surface area contributed by atoms with Crippen molar-refractivity contribution in [2.75, 3.05) is 0 Å². The zero-order valence-electron chi connectivity index (χ0n) is 10.5. The van der Waals surface area contributed by atoms with E-state index >= 15 is 0 Å². The SMILES string of the molecule is N[C@@H](CC(=O)O)c1cccc(-c2c(F)cccc2F)c1. The molecule has 0 saturated heterocycles. The Morgan fingerprint density at radius 1 is 1.15 bits per heavy atom. The van der Waals surface area contributed by atoms with E-state index in [1.807, 2.05) is 0 Å². The first-order valence-corrected chi connectivity index (χ1v) is 6.00. The molecule has 0 bridgehead atoms. The maximum atomic E-state index is 13.7. The van der Waals surface area contributed by atoms with Crippen LogP contribution in [0, 0.1) is 11.6 Å². The summed E-state index contributed by atoms with van der Waals surface area (Å²) in [4.78, 5) is 10.6. The number of benzene rings is 2. The number of nitrogens with two attached hydrogens (primary N) is 1. The van der Waals surface area contributed by atoms with Crippen molar-refractivity contribution in [2.24, 2.45) is 5.73 Å². The van der Waals surface area contributed by atoms with Gasteiger partial charge in [0.05, 0.1) is 12.0 Å². The summed E-state index contributed by atoms with van der Waals surface area (Å²) in [5, 5.41) is 8.72. The van der Waals surface area contributed by atoms with E-state index < -0.39 is 23.6 Å². The molecule has 20 heavy (non-hydrogen) atoms. The largest absolute Gasteiger partial charge is 0.481 e. The Hall–Kier alpha value is -2.27. The molecular formula is C15H13F2NO2. The Bertz CT molecular complexity index is 623. The minimum absolute atomic E-state index is 0.142. The number of hydrogen-bond acceptors (Lipinski definition) is 2. The van der Waals surface area contributed by atoms with E-state index in [0.717, 1.165) is 0 Å². The Morgan fingerprint density at radius 2 is 1.75 bits per heavy atom. The normalized spacial score (nSPS) is 12.2. The van der Waals surface area contributed by atoms with Crippen LogP contribution in [0.4, 0.5) is 8.78 Å². The monoisotopic (exact) mass is 277 g/mol. The van der Waals surface area contributed by atoms with Gasteiger partial charge in [0.2, 0.25) is 0 Å². The highest BCUT2D eigenvalue weighted by Gasteiger charge is 2.14. The maximum Gasteiger partial charge on any atom is 0.305 e. The number of rotatable bonds is 4. The van der Waals surface area contributed by atoms with Crippen LogP contribution in [0.1, 0.15) is 18.0 Å². The van der Waals surface area contributed by atoms with Gasteiger partial charge in [0.25, 0.3) is 0 Å². The molecule has 2 aromatic carbocycles. The van der Waals surface area contributed by atoms with Crippen LogP contribution in [0.3, 0.4) is 0 Å². The quantitative estimate of drug-likeness (QED) is 0.902. The molecule has 3 N–H and O–H groups in total. The zero-order valence-corrected chi connectivity index (χ0v) is 10.5. The van der Waals surface area contributed by atoms with Crippen molar-refractivity contribution in [3.8, 4) is 11.1 Å². The highest BCUT2D eigenvalue weighted by molar-refractivity contribution is 5.69. The van der Waals surface area contributed by atoms with Gasteiger partial charge in [-0.15, -0.1) is 0 Å². The lowest BCUT2D eigenvalue weighted by molar-refractivity contribution is -0.137. The number of carboxylic acid groups (broad SMARTS) is 1. The van der Waals surface area contributed by atoms with Gasteiger partial charge < -0.3 is 10.8 Å². The third-order valence-electron chi connectivity index (χ3n) is 2.96. The Labute approximate surface area is 114 Å². The molecule has 3 nitrogen and oxygen atoms in total. The van der Waals surface area contributed by atoms with E-state index in [2.05, 4.69) is 0 Å². The third-order valence-corrected chi connectivity index (χ3v) is 2.96. The van der Waals surface area contributed by atoms with E-state index in [1.165, 1.54) is 24.3 Å². The van der Waals surface area contributed by atoms with Crippen LogP contribution in [-0.2, 0) is 4.79 Å². The van der Waals surface area contributed by atoms with Crippen molar-refractivity contribution in [1.82, 2.24) is 0 Å². The molecule has 0 heterocycles. The van der Waals surface area contributed by atoms with Gasteiger partial charge in [0, 0.05) is 6.04 Å². The molecule has 0 amide bonds. The first kappa shape index (κ1) is 14.1. The van der Waals surface area contributed by atoms with Gasteiger partial charge in [-0.1, -0.05) is 24.3 Å². The first-order valence-electron chi connectivity index (χ1n) is 6.00. The molecule has 0 aliphatic carbocycles. The van der Waals surface area contributed by atoms with Crippen molar-refractivity contribution in [1.29, 1.82) is 0 Å². The number of hydrogen-bond donors (Lipinski definition) is 2. The van der Waals surface area contributed by atoms with Gasteiger partial charge in [-0.3, -0.25) is 4.79 Å². The summed E-state index contributed by atoms with van der Waals surface area (Å²) >= 11 is 0. The summed E-state index contributed by atoms with van der Waals surface area (Å²) < 4.78 is 27.4. The number of carbonyl (C=O) groups is 1. The molecule has 2 aromatic rings. The second-order valence-corrected chi connectivity index (χ2v) is 4.43. The molecule has 0 spiro atoms. The first-order chi connectivity index (χ1) is 9.49. The van der Waals surface area contributed by atoms with Gasteiger partial charge in [-0.05, 0) is 29.3 Å². The Morgan fingerprint density at radius 3 is 2.35 bits per heavy atom. The molecule has 0 unspecified atom stereocenters. The van der Waals surface area contributed by atoms with Gasteiger partial charge in [-0.2, -0.15) is 0 Å². The van der Waals surface area contributed by atoms with E-state index in [9.17, 15) is 13.6 Å². The highest BCUT2D eigenvalue weighted by atomic mass is 19.1. The highest BCUT2D eigenvalue weighted by Crippen LogP contribution is 2.28.